The van der Waals surface area contributed by atoms with Crippen LogP contribution in [0, 0.1) is 0 Å². The van der Waals surface area contributed by atoms with Gasteiger partial charge in [-0.05, 0) is 6.07 Å². The van der Waals surface area contributed by atoms with Crippen LogP contribution >= 0.6 is 11.3 Å². The second kappa shape index (κ2) is 6.85. The Morgan fingerprint density at radius 3 is 2.50 bits per heavy atom. The van der Waals surface area contributed by atoms with Gasteiger partial charge >= 0.3 is 5.97 Å². The molecule has 146 valence electrons. The van der Waals surface area contributed by atoms with Gasteiger partial charge in [0, 0.05) is 39.9 Å². The molecule has 30 heavy (non-hydrogen) atoms. The maximum Gasteiger partial charge on any atom is 0.339 e. The number of hydrogen-bond acceptors (Lipinski definition) is 7. The second-order valence-electron chi connectivity index (χ2n) is 6.65. The van der Waals surface area contributed by atoms with Gasteiger partial charge in [0.25, 0.3) is 5.56 Å². The van der Waals surface area contributed by atoms with Crippen molar-refractivity contribution in [3.05, 3.63) is 104 Å². The van der Waals surface area contributed by atoms with E-state index in [0.717, 1.165) is 0 Å². The molecule has 2 aromatic carbocycles. The first-order valence-electron chi connectivity index (χ1n) is 8.99. The number of nitrogens with zero attached hydrogens (tertiary/aromatic N) is 2. The Morgan fingerprint density at radius 1 is 0.967 bits per heavy atom. The number of ether oxygens (including phenoxy) is 1. The van der Waals surface area contributed by atoms with Gasteiger partial charge in [-0.15, -0.1) is 11.3 Å². The Morgan fingerprint density at radius 2 is 1.70 bits per heavy atom. The quantitative estimate of drug-likeness (QED) is 0.420. The van der Waals surface area contributed by atoms with Crippen LogP contribution in [0.15, 0.2) is 64.9 Å². The van der Waals surface area contributed by atoms with Crippen molar-refractivity contribution in [2.45, 2.75) is 6.61 Å². The zero-order chi connectivity index (χ0) is 20.8. The zero-order valence-corrected chi connectivity index (χ0v) is 16.1. The Hall–Kier alpha value is -3.91. The molecule has 8 heteroatoms. The molecule has 0 aliphatic heterocycles. The SMILES string of the molecule is O=C(OCc1cc(=O)n2ccsc2n1)c1cccc2c1C(=O)c1ccccc1C2=O. The third-order valence-corrected chi connectivity index (χ3v) is 5.64. The fourth-order valence-electron chi connectivity index (χ4n) is 3.49. The van der Waals surface area contributed by atoms with Gasteiger partial charge in [-0.1, -0.05) is 36.4 Å². The van der Waals surface area contributed by atoms with E-state index in [2.05, 4.69) is 4.98 Å². The molecule has 7 nitrogen and oxygen atoms in total. The van der Waals surface area contributed by atoms with Crippen molar-refractivity contribution < 1.29 is 19.1 Å². The summed E-state index contributed by atoms with van der Waals surface area (Å²) in [4.78, 5) is 55.4. The number of hydrogen-bond donors (Lipinski definition) is 0. The van der Waals surface area contributed by atoms with Gasteiger partial charge in [0.2, 0.25) is 0 Å². The van der Waals surface area contributed by atoms with Crippen molar-refractivity contribution >= 4 is 33.8 Å². The molecule has 1 aliphatic carbocycles. The van der Waals surface area contributed by atoms with Crippen molar-refractivity contribution in [3.63, 3.8) is 0 Å². The van der Waals surface area contributed by atoms with Crippen LogP contribution in [0.1, 0.15) is 47.9 Å². The van der Waals surface area contributed by atoms with E-state index in [9.17, 15) is 19.2 Å². The second-order valence-corrected chi connectivity index (χ2v) is 7.52. The van der Waals surface area contributed by atoms with Crippen LogP contribution in [0.2, 0.25) is 0 Å². The number of carbonyl (C=O) groups excluding carboxylic acids is 3. The molecule has 5 rings (SSSR count). The van der Waals surface area contributed by atoms with Crippen molar-refractivity contribution in [3.8, 4) is 0 Å². The number of esters is 1. The lowest BCUT2D eigenvalue weighted by Crippen LogP contribution is -2.24. The molecule has 0 saturated carbocycles. The van der Waals surface area contributed by atoms with Gasteiger partial charge in [-0.25, -0.2) is 9.78 Å². The number of aromatic nitrogens is 2. The molecule has 1 aliphatic rings. The van der Waals surface area contributed by atoms with E-state index in [4.69, 9.17) is 4.74 Å². The van der Waals surface area contributed by atoms with Gasteiger partial charge in [0.1, 0.15) is 6.61 Å². The van der Waals surface area contributed by atoms with Crippen molar-refractivity contribution in [2.24, 2.45) is 0 Å². The smallest absolute Gasteiger partial charge is 0.339 e. The fourth-order valence-corrected chi connectivity index (χ4v) is 4.23. The summed E-state index contributed by atoms with van der Waals surface area (Å²) < 4.78 is 6.72. The van der Waals surface area contributed by atoms with Crippen LogP contribution in [0.25, 0.3) is 4.96 Å². The molecule has 0 N–H and O–H groups in total. The maximum absolute atomic E-state index is 13.0. The summed E-state index contributed by atoms with van der Waals surface area (Å²) in [5.74, 6) is -1.47. The fraction of sp³-hybridized carbons (Fsp3) is 0.0455. The van der Waals surface area contributed by atoms with E-state index in [0.29, 0.717) is 16.2 Å². The molecule has 0 spiro atoms. The molecule has 0 unspecified atom stereocenters. The molecule has 0 bridgehead atoms. The van der Waals surface area contributed by atoms with Crippen LogP contribution in [-0.2, 0) is 11.3 Å². The number of benzene rings is 2. The molecule has 0 fully saturated rings. The number of carbonyl (C=O) groups is 3. The lowest BCUT2D eigenvalue weighted by atomic mass is 9.82. The van der Waals surface area contributed by atoms with Crippen LogP contribution in [0.3, 0.4) is 0 Å². The highest BCUT2D eigenvalue weighted by Crippen LogP contribution is 2.29. The molecule has 0 radical (unpaired) electrons. The van der Waals surface area contributed by atoms with Crippen molar-refractivity contribution in [1.29, 1.82) is 0 Å². The summed E-state index contributed by atoms with van der Waals surface area (Å²) in [6.45, 7) is -0.231. The highest BCUT2D eigenvalue weighted by Gasteiger charge is 2.33. The van der Waals surface area contributed by atoms with Crippen LogP contribution < -0.4 is 5.56 Å². The van der Waals surface area contributed by atoms with Gasteiger partial charge in [-0.2, -0.15) is 0 Å². The first kappa shape index (κ1) is 18.1. The Kier molecular flexibility index (Phi) is 4.14. The minimum Gasteiger partial charge on any atom is -0.456 e. The molecule has 2 heterocycles. The number of ketones is 2. The lowest BCUT2D eigenvalue weighted by Gasteiger charge is -2.19. The Bertz CT molecular complexity index is 1430. The monoisotopic (exact) mass is 416 g/mol. The van der Waals surface area contributed by atoms with E-state index in [1.165, 1.54) is 40.0 Å². The molecule has 0 atom stereocenters. The molecular weight excluding hydrogens is 404 g/mol. The van der Waals surface area contributed by atoms with E-state index >= 15 is 0 Å². The van der Waals surface area contributed by atoms with Crippen LogP contribution in [0.5, 0.6) is 0 Å². The average Bonchev–Trinajstić information content (AvgIpc) is 3.24. The summed E-state index contributed by atoms with van der Waals surface area (Å²) in [6, 6.07) is 12.3. The molecular formula is C22H12N2O5S. The minimum atomic E-state index is -0.763. The van der Waals surface area contributed by atoms with E-state index in [1.54, 1.807) is 35.8 Å². The molecule has 4 aromatic rings. The third-order valence-electron chi connectivity index (χ3n) is 4.88. The van der Waals surface area contributed by atoms with Gasteiger partial charge in [-0.3, -0.25) is 18.8 Å². The van der Waals surface area contributed by atoms with E-state index < -0.39 is 11.8 Å². The van der Waals surface area contributed by atoms with Gasteiger partial charge < -0.3 is 4.74 Å². The largest absolute Gasteiger partial charge is 0.456 e. The van der Waals surface area contributed by atoms with E-state index in [-0.39, 0.29) is 40.2 Å². The first-order chi connectivity index (χ1) is 14.5. The summed E-state index contributed by atoms with van der Waals surface area (Å²) in [6.07, 6.45) is 1.61. The predicted octanol–water partition coefficient (Wildman–Crippen LogP) is 2.89. The molecule has 2 aromatic heterocycles. The topological polar surface area (TPSA) is 94.8 Å². The summed E-state index contributed by atoms with van der Waals surface area (Å²) in [5, 5.41) is 1.73. The van der Waals surface area contributed by atoms with Crippen LogP contribution in [-0.4, -0.2) is 26.9 Å². The lowest BCUT2D eigenvalue weighted by molar-refractivity contribution is 0.0465. The molecule has 0 amide bonds. The van der Waals surface area contributed by atoms with Crippen LogP contribution in [0.4, 0.5) is 0 Å². The van der Waals surface area contributed by atoms with Gasteiger partial charge in [0.05, 0.1) is 11.3 Å². The Balaban J connectivity index is 1.48. The highest BCUT2D eigenvalue weighted by atomic mass is 32.1. The van der Waals surface area contributed by atoms with Crippen molar-refractivity contribution in [1.82, 2.24) is 9.38 Å². The zero-order valence-electron chi connectivity index (χ0n) is 15.3. The number of rotatable bonds is 3. The summed E-state index contributed by atoms with van der Waals surface area (Å²) >= 11 is 1.29. The molecule has 0 saturated heterocycles. The first-order valence-corrected chi connectivity index (χ1v) is 9.87. The average molecular weight is 416 g/mol. The summed E-state index contributed by atoms with van der Waals surface area (Å²) in [5.41, 5.74) is 0.810. The number of thiazole rings is 1. The third kappa shape index (κ3) is 2.77. The number of fused-ring (bicyclic) bond motifs is 3. The Labute approximate surface area is 173 Å². The minimum absolute atomic E-state index is 0.00859. The van der Waals surface area contributed by atoms with E-state index in [1.807, 2.05) is 0 Å². The predicted molar refractivity (Wildman–Crippen MR) is 108 cm³/mol. The maximum atomic E-state index is 13.0. The van der Waals surface area contributed by atoms with Gasteiger partial charge in [0.15, 0.2) is 16.5 Å². The highest BCUT2D eigenvalue weighted by molar-refractivity contribution is 7.15. The standard InChI is InChI=1S/C22H12N2O5S/c25-17-10-12(23-22-24(17)8-9-30-22)11-29-21(28)16-7-3-6-15-18(16)20(27)14-5-2-1-4-13(14)19(15)26/h1-10H,11H2. The van der Waals surface area contributed by atoms with Crippen molar-refractivity contribution in [2.75, 3.05) is 0 Å². The summed E-state index contributed by atoms with van der Waals surface area (Å²) in [7, 11) is 0. The normalized spacial score (nSPS) is 12.5.